The first-order valence-electron chi connectivity index (χ1n) is 5.56. The standard InChI is InChI=1S/C13H8F4O2S2/c14-8-3-1-5-10(12(8)16)18-20-7-21-19-11-6-2-4-9(15)13(11)17/h1-6H,7H2. The molecule has 0 saturated heterocycles. The molecular formula is C13H8F4O2S2. The monoisotopic (exact) mass is 336 g/mol. The molecule has 0 aromatic heterocycles. The third-order valence-corrected chi connectivity index (χ3v) is 3.59. The van der Waals surface area contributed by atoms with Crippen LogP contribution in [0, 0.1) is 23.3 Å². The number of halogens is 4. The van der Waals surface area contributed by atoms with Crippen molar-refractivity contribution in [3.8, 4) is 11.5 Å². The van der Waals surface area contributed by atoms with Crippen molar-refractivity contribution in [1.29, 1.82) is 0 Å². The average Bonchev–Trinajstić information content (AvgIpc) is 2.47. The van der Waals surface area contributed by atoms with E-state index in [9.17, 15) is 17.6 Å². The van der Waals surface area contributed by atoms with Crippen molar-refractivity contribution in [2.45, 2.75) is 0 Å². The van der Waals surface area contributed by atoms with Gasteiger partial charge in [0.25, 0.3) is 0 Å². The lowest BCUT2D eigenvalue weighted by Gasteiger charge is -2.06. The third kappa shape index (κ3) is 4.21. The first-order chi connectivity index (χ1) is 10.1. The van der Waals surface area contributed by atoms with Crippen LogP contribution in [0.25, 0.3) is 0 Å². The van der Waals surface area contributed by atoms with Crippen LogP contribution in [0.15, 0.2) is 36.4 Å². The van der Waals surface area contributed by atoms with Crippen molar-refractivity contribution in [3.63, 3.8) is 0 Å². The molecule has 0 bridgehead atoms. The van der Waals surface area contributed by atoms with Crippen LogP contribution in [0.2, 0.25) is 0 Å². The van der Waals surface area contributed by atoms with Gasteiger partial charge in [0.1, 0.15) is 5.08 Å². The van der Waals surface area contributed by atoms with Gasteiger partial charge < -0.3 is 8.37 Å². The van der Waals surface area contributed by atoms with Crippen molar-refractivity contribution >= 4 is 24.1 Å². The average molecular weight is 336 g/mol. The Bertz CT molecular complexity index is 572. The highest BCUT2D eigenvalue weighted by molar-refractivity contribution is 8.12. The van der Waals surface area contributed by atoms with E-state index in [0.29, 0.717) is 0 Å². The molecule has 0 aliphatic carbocycles. The summed E-state index contributed by atoms with van der Waals surface area (Å²) >= 11 is 1.55. The second-order valence-corrected chi connectivity index (χ2v) is 5.37. The summed E-state index contributed by atoms with van der Waals surface area (Å²) in [5, 5.41) is 0.131. The Morgan fingerprint density at radius 1 is 0.714 bits per heavy atom. The van der Waals surface area contributed by atoms with Crippen molar-refractivity contribution in [2.75, 3.05) is 5.08 Å². The normalized spacial score (nSPS) is 10.5. The molecule has 2 aromatic carbocycles. The van der Waals surface area contributed by atoms with Gasteiger partial charge in [0.05, 0.1) is 24.1 Å². The maximum atomic E-state index is 13.2. The highest BCUT2D eigenvalue weighted by atomic mass is 32.2. The summed E-state index contributed by atoms with van der Waals surface area (Å²) in [6, 6.07) is 7.08. The summed E-state index contributed by atoms with van der Waals surface area (Å²) in [6.45, 7) is 0. The molecule has 0 N–H and O–H groups in total. The van der Waals surface area contributed by atoms with Crippen LogP contribution in [0.1, 0.15) is 0 Å². The predicted octanol–water partition coefficient (Wildman–Crippen LogP) is 4.95. The smallest absolute Gasteiger partial charge is 0.202 e. The molecule has 21 heavy (non-hydrogen) atoms. The first kappa shape index (κ1) is 15.8. The highest BCUT2D eigenvalue weighted by Gasteiger charge is 2.11. The zero-order valence-electron chi connectivity index (χ0n) is 10.3. The van der Waals surface area contributed by atoms with Crippen LogP contribution in [0.5, 0.6) is 11.5 Å². The molecule has 2 rings (SSSR count). The molecule has 112 valence electrons. The van der Waals surface area contributed by atoms with Gasteiger partial charge in [-0.15, -0.1) is 0 Å². The fourth-order valence-electron chi connectivity index (χ4n) is 1.29. The van der Waals surface area contributed by atoms with E-state index in [1.807, 2.05) is 0 Å². The van der Waals surface area contributed by atoms with Crippen LogP contribution in [0.4, 0.5) is 17.6 Å². The molecule has 0 atom stereocenters. The molecule has 0 radical (unpaired) electrons. The van der Waals surface area contributed by atoms with Gasteiger partial charge in [-0.3, -0.25) is 0 Å². The molecule has 0 aliphatic heterocycles. The van der Waals surface area contributed by atoms with Crippen LogP contribution in [-0.4, -0.2) is 5.08 Å². The van der Waals surface area contributed by atoms with E-state index < -0.39 is 23.3 Å². The summed E-state index contributed by atoms with van der Waals surface area (Å²) in [7, 11) is 0. The van der Waals surface area contributed by atoms with Gasteiger partial charge in [-0.05, 0) is 24.3 Å². The Labute approximate surface area is 126 Å². The molecule has 0 aliphatic rings. The SMILES string of the molecule is Fc1cccc(OSCSOc2cccc(F)c2F)c1F. The van der Waals surface area contributed by atoms with E-state index in [1.165, 1.54) is 24.3 Å². The lowest BCUT2D eigenvalue weighted by atomic mass is 10.3. The predicted molar refractivity (Wildman–Crippen MR) is 74.0 cm³/mol. The van der Waals surface area contributed by atoms with Gasteiger partial charge in [-0.1, -0.05) is 12.1 Å². The number of hydrogen-bond donors (Lipinski definition) is 0. The van der Waals surface area contributed by atoms with Gasteiger partial charge in [0, 0.05) is 0 Å². The van der Waals surface area contributed by atoms with Crippen LogP contribution in [0.3, 0.4) is 0 Å². The molecule has 2 aromatic rings. The minimum Gasteiger partial charge on any atom is -0.422 e. The van der Waals surface area contributed by atoms with Gasteiger partial charge >= 0.3 is 0 Å². The maximum Gasteiger partial charge on any atom is 0.202 e. The summed E-state index contributed by atoms with van der Waals surface area (Å²) in [4.78, 5) is 0. The molecule has 8 heteroatoms. The van der Waals surface area contributed by atoms with E-state index in [4.69, 9.17) is 8.37 Å². The Kier molecular flexibility index (Phi) is 5.63. The molecule has 0 saturated carbocycles. The molecule has 2 nitrogen and oxygen atoms in total. The fourth-order valence-corrected chi connectivity index (χ4v) is 2.34. The van der Waals surface area contributed by atoms with E-state index in [-0.39, 0.29) is 16.6 Å². The second kappa shape index (κ2) is 7.46. The van der Waals surface area contributed by atoms with Crippen molar-refractivity contribution in [3.05, 3.63) is 59.7 Å². The van der Waals surface area contributed by atoms with Gasteiger partial charge in [-0.25, -0.2) is 8.78 Å². The fraction of sp³-hybridized carbons (Fsp3) is 0.0769. The lowest BCUT2D eigenvalue weighted by Crippen LogP contribution is -1.93. The minimum absolute atomic E-state index is 0.131. The molecule has 0 spiro atoms. The van der Waals surface area contributed by atoms with Crippen LogP contribution < -0.4 is 8.37 Å². The summed E-state index contributed by atoms with van der Waals surface area (Å²) < 4.78 is 62.1. The van der Waals surface area contributed by atoms with Crippen LogP contribution >= 0.6 is 24.1 Å². The van der Waals surface area contributed by atoms with Gasteiger partial charge in [0.2, 0.25) is 11.6 Å². The van der Waals surface area contributed by atoms with Gasteiger partial charge in [-0.2, -0.15) is 8.78 Å². The molecule has 0 amide bonds. The first-order valence-corrected chi connectivity index (χ1v) is 7.38. The largest absolute Gasteiger partial charge is 0.422 e. The number of benzene rings is 2. The van der Waals surface area contributed by atoms with E-state index in [0.717, 1.165) is 36.2 Å². The Morgan fingerprint density at radius 2 is 1.14 bits per heavy atom. The highest BCUT2D eigenvalue weighted by Crippen LogP contribution is 2.27. The van der Waals surface area contributed by atoms with Crippen LogP contribution in [-0.2, 0) is 0 Å². The minimum atomic E-state index is -1.09. The van der Waals surface area contributed by atoms with E-state index >= 15 is 0 Å². The quantitative estimate of drug-likeness (QED) is 0.321. The third-order valence-electron chi connectivity index (χ3n) is 2.23. The zero-order valence-corrected chi connectivity index (χ0v) is 11.9. The summed E-state index contributed by atoms with van der Waals surface area (Å²) in [5.74, 6) is -4.72. The Morgan fingerprint density at radius 3 is 1.57 bits per heavy atom. The van der Waals surface area contributed by atoms with Crippen molar-refractivity contribution in [1.82, 2.24) is 0 Å². The molecular weight excluding hydrogens is 328 g/mol. The molecule has 0 fully saturated rings. The number of hydrogen-bond acceptors (Lipinski definition) is 4. The Hall–Kier alpha value is -1.54. The second-order valence-electron chi connectivity index (χ2n) is 3.62. The Balaban J connectivity index is 1.78. The zero-order chi connectivity index (χ0) is 15.2. The maximum absolute atomic E-state index is 13.2. The topological polar surface area (TPSA) is 18.5 Å². The summed E-state index contributed by atoms with van der Waals surface area (Å²) in [6.07, 6.45) is 0. The molecule has 0 unspecified atom stereocenters. The van der Waals surface area contributed by atoms with Gasteiger partial charge in [0.15, 0.2) is 23.1 Å². The van der Waals surface area contributed by atoms with E-state index in [1.54, 1.807) is 0 Å². The molecule has 0 heterocycles. The number of rotatable bonds is 6. The van der Waals surface area contributed by atoms with E-state index in [2.05, 4.69) is 0 Å². The summed E-state index contributed by atoms with van der Waals surface area (Å²) in [5.41, 5.74) is 0. The lowest BCUT2D eigenvalue weighted by molar-refractivity contribution is 0.471. The van der Waals surface area contributed by atoms with Crippen molar-refractivity contribution in [2.24, 2.45) is 0 Å². The van der Waals surface area contributed by atoms with Crippen molar-refractivity contribution < 1.29 is 25.9 Å².